The predicted octanol–water partition coefficient (Wildman–Crippen LogP) is 2.17. The maximum atomic E-state index is 13.0. The van der Waals surface area contributed by atoms with Gasteiger partial charge in [0.05, 0.1) is 0 Å². The van der Waals surface area contributed by atoms with Gasteiger partial charge in [-0.05, 0) is 37.5 Å². The summed E-state index contributed by atoms with van der Waals surface area (Å²) in [6.45, 7) is 0.971. The molecule has 0 saturated heterocycles. The van der Waals surface area contributed by atoms with Gasteiger partial charge in [-0.2, -0.15) is 0 Å². The number of carbonyl (C=O) groups is 1. The minimum Gasteiger partial charge on any atom is -0.329 e. The molecule has 2 rings (SSSR count). The average molecular weight is 251 g/mol. The van der Waals surface area contributed by atoms with Crippen LogP contribution in [0.2, 0.25) is 0 Å². The lowest BCUT2D eigenvalue weighted by molar-refractivity contribution is 0.151. The van der Waals surface area contributed by atoms with Gasteiger partial charge < -0.3 is 16.0 Å². The highest BCUT2D eigenvalue weighted by atomic mass is 19.1. The second kappa shape index (κ2) is 5.82. The van der Waals surface area contributed by atoms with E-state index in [-0.39, 0.29) is 17.9 Å². The van der Waals surface area contributed by atoms with Gasteiger partial charge in [-0.15, -0.1) is 0 Å². The summed E-state index contributed by atoms with van der Waals surface area (Å²) in [5.41, 5.74) is 5.99. The van der Waals surface area contributed by atoms with Crippen LogP contribution in [0, 0.1) is 5.82 Å². The molecule has 0 radical (unpaired) electrons. The summed E-state index contributed by atoms with van der Waals surface area (Å²) >= 11 is 0. The summed E-state index contributed by atoms with van der Waals surface area (Å²) in [4.78, 5) is 13.8. The highest BCUT2D eigenvalue weighted by Gasteiger charge is 2.28. The summed E-state index contributed by atoms with van der Waals surface area (Å²) in [6.07, 6.45) is 3.20. The lowest BCUT2D eigenvalue weighted by Gasteiger charge is -2.37. The topological polar surface area (TPSA) is 58.4 Å². The third-order valence-electron chi connectivity index (χ3n) is 3.22. The molecule has 18 heavy (non-hydrogen) atoms. The average Bonchev–Trinajstić information content (AvgIpc) is 2.26. The molecule has 0 spiro atoms. The van der Waals surface area contributed by atoms with Crippen molar-refractivity contribution < 1.29 is 9.18 Å². The van der Waals surface area contributed by atoms with Crippen molar-refractivity contribution >= 4 is 11.7 Å². The van der Waals surface area contributed by atoms with Crippen LogP contribution >= 0.6 is 0 Å². The fraction of sp³-hybridized carbons (Fsp3) is 0.462. The number of halogens is 1. The number of benzene rings is 1. The monoisotopic (exact) mass is 251 g/mol. The molecule has 98 valence electrons. The Balaban J connectivity index is 2.00. The van der Waals surface area contributed by atoms with Gasteiger partial charge >= 0.3 is 6.03 Å². The smallest absolute Gasteiger partial charge is 0.322 e. The van der Waals surface area contributed by atoms with E-state index in [4.69, 9.17) is 5.73 Å². The van der Waals surface area contributed by atoms with Crippen LogP contribution in [0.5, 0.6) is 0 Å². The molecule has 5 heteroatoms. The molecule has 0 aliphatic heterocycles. The van der Waals surface area contributed by atoms with E-state index in [0.717, 1.165) is 19.3 Å². The van der Waals surface area contributed by atoms with Gasteiger partial charge in [0.2, 0.25) is 0 Å². The van der Waals surface area contributed by atoms with Gasteiger partial charge in [0.15, 0.2) is 0 Å². The van der Waals surface area contributed by atoms with E-state index >= 15 is 0 Å². The highest BCUT2D eigenvalue weighted by Crippen LogP contribution is 2.25. The number of anilines is 1. The Kier molecular flexibility index (Phi) is 4.15. The van der Waals surface area contributed by atoms with Crippen molar-refractivity contribution in [1.29, 1.82) is 0 Å². The van der Waals surface area contributed by atoms with E-state index in [1.807, 2.05) is 0 Å². The fourth-order valence-electron chi connectivity index (χ4n) is 2.05. The van der Waals surface area contributed by atoms with Crippen LogP contribution in [-0.2, 0) is 0 Å². The summed E-state index contributed by atoms with van der Waals surface area (Å²) in [5, 5.41) is 2.71. The van der Waals surface area contributed by atoms with Gasteiger partial charge in [0, 0.05) is 24.8 Å². The Morgan fingerprint density at radius 1 is 1.50 bits per heavy atom. The number of hydrogen-bond donors (Lipinski definition) is 2. The Bertz CT molecular complexity index is 420. The zero-order valence-corrected chi connectivity index (χ0v) is 10.2. The lowest BCUT2D eigenvalue weighted by atomic mass is 9.91. The number of nitrogens with two attached hydrogens (primary N) is 1. The summed E-state index contributed by atoms with van der Waals surface area (Å²) < 4.78 is 13.0. The maximum absolute atomic E-state index is 13.0. The summed E-state index contributed by atoms with van der Waals surface area (Å²) in [7, 11) is 0. The van der Waals surface area contributed by atoms with E-state index in [9.17, 15) is 9.18 Å². The summed E-state index contributed by atoms with van der Waals surface area (Å²) in [5.74, 6) is -0.359. The van der Waals surface area contributed by atoms with Crippen molar-refractivity contribution in [2.24, 2.45) is 5.73 Å². The minimum atomic E-state index is -0.359. The van der Waals surface area contributed by atoms with E-state index < -0.39 is 0 Å². The number of amides is 2. The van der Waals surface area contributed by atoms with Crippen molar-refractivity contribution in [2.75, 3.05) is 18.4 Å². The molecule has 0 unspecified atom stereocenters. The van der Waals surface area contributed by atoms with E-state index in [0.29, 0.717) is 18.8 Å². The molecule has 3 N–H and O–H groups in total. The first-order valence-corrected chi connectivity index (χ1v) is 6.24. The molecule has 1 saturated carbocycles. The second-order valence-electron chi connectivity index (χ2n) is 4.51. The molecule has 1 aliphatic carbocycles. The maximum Gasteiger partial charge on any atom is 0.322 e. The van der Waals surface area contributed by atoms with Crippen LogP contribution < -0.4 is 11.1 Å². The second-order valence-corrected chi connectivity index (χ2v) is 4.51. The minimum absolute atomic E-state index is 0.198. The Labute approximate surface area is 106 Å². The van der Waals surface area contributed by atoms with E-state index in [1.165, 1.54) is 12.1 Å². The largest absolute Gasteiger partial charge is 0.329 e. The number of rotatable bonds is 4. The van der Waals surface area contributed by atoms with Crippen LogP contribution in [0.4, 0.5) is 14.9 Å². The third-order valence-corrected chi connectivity index (χ3v) is 3.22. The third kappa shape index (κ3) is 2.98. The molecule has 1 fully saturated rings. The molecule has 0 bridgehead atoms. The highest BCUT2D eigenvalue weighted by molar-refractivity contribution is 5.89. The van der Waals surface area contributed by atoms with Gasteiger partial charge in [0.25, 0.3) is 0 Å². The molecular weight excluding hydrogens is 233 g/mol. The zero-order valence-electron chi connectivity index (χ0n) is 10.2. The first-order valence-electron chi connectivity index (χ1n) is 6.24. The molecule has 1 aromatic carbocycles. The Morgan fingerprint density at radius 2 is 2.28 bits per heavy atom. The molecule has 1 aliphatic rings. The number of urea groups is 1. The number of nitrogens with one attached hydrogen (secondary N) is 1. The van der Waals surface area contributed by atoms with E-state index in [2.05, 4.69) is 5.32 Å². The first kappa shape index (κ1) is 12.8. The van der Waals surface area contributed by atoms with Crippen LogP contribution in [0.25, 0.3) is 0 Å². The van der Waals surface area contributed by atoms with Gasteiger partial charge in [0.1, 0.15) is 5.82 Å². The van der Waals surface area contributed by atoms with Gasteiger partial charge in [-0.25, -0.2) is 9.18 Å². The Morgan fingerprint density at radius 3 is 2.83 bits per heavy atom. The van der Waals surface area contributed by atoms with Crippen molar-refractivity contribution in [1.82, 2.24) is 4.90 Å². The molecule has 1 aromatic rings. The van der Waals surface area contributed by atoms with Crippen LogP contribution in [-0.4, -0.2) is 30.1 Å². The van der Waals surface area contributed by atoms with Crippen molar-refractivity contribution in [3.8, 4) is 0 Å². The van der Waals surface area contributed by atoms with Crippen molar-refractivity contribution in [2.45, 2.75) is 25.3 Å². The lowest BCUT2D eigenvalue weighted by Crippen LogP contribution is -2.48. The number of nitrogens with zero attached hydrogens (tertiary/aromatic N) is 1. The molecule has 0 heterocycles. The molecule has 4 nitrogen and oxygen atoms in total. The Hall–Kier alpha value is -1.62. The number of hydrogen-bond acceptors (Lipinski definition) is 2. The quantitative estimate of drug-likeness (QED) is 0.861. The predicted molar refractivity (Wildman–Crippen MR) is 68.8 cm³/mol. The van der Waals surface area contributed by atoms with Crippen molar-refractivity contribution in [3.63, 3.8) is 0 Å². The van der Waals surface area contributed by atoms with Crippen molar-refractivity contribution in [3.05, 3.63) is 30.1 Å². The molecular formula is C13H18FN3O. The van der Waals surface area contributed by atoms with Crippen LogP contribution in [0.15, 0.2) is 24.3 Å². The van der Waals surface area contributed by atoms with Crippen LogP contribution in [0.3, 0.4) is 0 Å². The molecule has 0 aromatic heterocycles. The van der Waals surface area contributed by atoms with Gasteiger partial charge in [-0.1, -0.05) is 6.07 Å². The van der Waals surface area contributed by atoms with E-state index in [1.54, 1.807) is 17.0 Å². The number of carbonyl (C=O) groups excluding carboxylic acids is 1. The fourth-order valence-corrected chi connectivity index (χ4v) is 2.05. The SMILES string of the molecule is NCCN(C(=O)Nc1cccc(F)c1)C1CCC1. The van der Waals surface area contributed by atoms with Gasteiger partial charge in [-0.3, -0.25) is 0 Å². The molecule has 2 amide bonds. The zero-order chi connectivity index (χ0) is 13.0. The van der Waals surface area contributed by atoms with Crippen LogP contribution in [0.1, 0.15) is 19.3 Å². The molecule has 0 atom stereocenters. The normalized spacial score (nSPS) is 15.0. The standard InChI is InChI=1S/C13H18FN3O/c14-10-3-1-4-11(9-10)16-13(18)17(8-7-15)12-5-2-6-12/h1,3-4,9,12H,2,5-8,15H2,(H,16,18). The first-order chi connectivity index (χ1) is 8.70. The summed E-state index contributed by atoms with van der Waals surface area (Å²) in [6, 6.07) is 5.97.